The van der Waals surface area contributed by atoms with E-state index in [4.69, 9.17) is 4.74 Å². The number of anilines is 1. The molecule has 0 aliphatic rings. The third kappa shape index (κ3) is 4.56. The zero-order valence-corrected chi connectivity index (χ0v) is 16.4. The summed E-state index contributed by atoms with van der Waals surface area (Å²) in [5.41, 5.74) is 3.89. The minimum absolute atomic E-state index is 0.0756. The van der Waals surface area contributed by atoms with Crippen LogP contribution in [0.4, 0.5) is 5.69 Å². The summed E-state index contributed by atoms with van der Waals surface area (Å²) in [6.07, 6.45) is 0. The summed E-state index contributed by atoms with van der Waals surface area (Å²) in [5.74, 6) is 0.862. The molecule has 1 N–H and O–H groups in total. The van der Waals surface area contributed by atoms with E-state index in [1.807, 2.05) is 66.9 Å². The van der Waals surface area contributed by atoms with Crippen LogP contribution in [0.25, 0.3) is 5.69 Å². The second-order valence-corrected chi connectivity index (χ2v) is 7.05. The van der Waals surface area contributed by atoms with Gasteiger partial charge < -0.3 is 10.1 Å². The molecule has 0 aliphatic carbocycles. The maximum Gasteiger partial charge on any atom is 0.234 e. The van der Waals surface area contributed by atoms with E-state index in [1.54, 1.807) is 7.11 Å². The molecule has 3 aromatic rings. The topological polar surface area (TPSA) is 69.0 Å². The number of carbonyl (C=O) groups excluding carboxylic acids is 1. The lowest BCUT2D eigenvalue weighted by Gasteiger charge is -2.12. The van der Waals surface area contributed by atoms with E-state index in [2.05, 4.69) is 15.5 Å². The number of hydrogen-bond donors (Lipinski definition) is 1. The number of aryl methyl sites for hydroxylation is 2. The molecule has 0 atom stereocenters. The van der Waals surface area contributed by atoms with Gasteiger partial charge in [-0.3, -0.25) is 9.36 Å². The van der Waals surface area contributed by atoms with Crippen LogP contribution in [-0.2, 0) is 16.1 Å². The number of nitrogens with zero attached hydrogens (tertiary/aromatic N) is 3. The van der Waals surface area contributed by atoms with Crippen LogP contribution in [0.2, 0.25) is 0 Å². The van der Waals surface area contributed by atoms with E-state index in [0.717, 1.165) is 22.5 Å². The molecule has 0 aliphatic heterocycles. The van der Waals surface area contributed by atoms with Crippen LogP contribution in [-0.4, -0.2) is 33.5 Å². The highest BCUT2D eigenvalue weighted by Gasteiger charge is 2.16. The molecular formula is C20H22N4O2S. The summed E-state index contributed by atoms with van der Waals surface area (Å²) < 4.78 is 7.14. The lowest BCUT2D eigenvalue weighted by atomic mass is 10.1. The lowest BCUT2D eigenvalue weighted by molar-refractivity contribution is -0.113. The number of para-hydroxylation sites is 2. The van der Waals surface area contributed by atoms with E-state index >= 15 is 0 Å². The largest absolute Gasteiger partial charge is 0.377 e. The Morgan fingerprint density at radius 1 is 1.07 bits per heavy atom. The van der Waals surface area contributed by atoms with Gasteiger partial charge in [-0.25, -0.2) is 0 Å². The smallest absolute Gasteiger partial charge is 0.234 e. The Labute approximate surface area is 163 Å². The maximum atomic E-state index is 12.5. The van der Waals surface area contributed by atoms with Crippen LogP contribution in [0.3, 0.4) is 0 Å². The quantitative estimate of drug-likeness (QED) is 0.630. The van der Waals surface area contributed by atoms with Gasteiger partial charge >= 0.3 is 0 Å². The molecule has 7 heteroatoms. The standard InChI is InChI=1S/C20H22N4O2S/c1-14-8-7-9-15(2)19(14)21-18(25)13-27-20-23-22-17(12-26-3)24(20)16-10-5-4-6-11-16/h4-11H,12-13H2,1-3H3,(H,21,25). The Kier molecular flexibility index (Phi) is 6.26. The predicted molar refractivity (Wildman–Crippen MR) is 107 cm³/mol. The second-order valence-electron chi connectivity index (χ2n) is 6.11. The third-order valence-electron chi connectivity index (χ3n) is 4.07. The van der Waals surface area contributed by atoms with Crippen molar-refractivity contribution in [2.24, 2.45) is 0 Å². The van der Waals surface area contributed by atoms with Crippen molar-refractivity contribution in [3.63, 3.8) is 0 Å². The number of methoxy groups -OCH3 is 1. The van der Waals surface area contributed by atoms with Crippen molar-refractivity contribution < 1.29 is 9.53 Å². The molecule has 140 valence electrons. The molecule has 2 aromatic carbocycles. The van der Waals surface area contributed by atoms with Gasteiger partial charge in [0.15, 0.2) is 11.0 Å². The maximum absolute atomic E-state index is 12.5. The Morgan fingerprint density at radius 3 is 2.44 bits per heavy atom. The fourth-order valence-electron chi connectivity index (χ4n) is 2.77. The molecule has 1 heterocycles. The van der Waals surface area contributed by atoms with Crippen molar-refractivity contribution in [1.29, 1.82) is 0 Å². The highest BCUT2D eigenvalue weighted by Crippen LogP contribution is 2.24. The fourth-order valence-corrected chi connectivity index (χ4v) is 3.54. The van der Waals surface area contributed by atoms with Crippen LogP contribution >= 0.6 is 11.8 Å². The Morgan fingerprint density at radius 2 is 1.78 bits per heavy atom. The van der Waals surface area contributed by atoms with Crippen LogP contribution < -0.4 is 5.32 Å². The van der Waals surface area contributed by atoms with Crippen LogP contribution in [0.5, 0.6) is 0 Å². The highest BCUT2D eigenvalue weighted by atomic mass is 32.2. The molecule has 1 amide bonds. The van der Waals surface area contributed by atoms with E-state index in [1.165, 1.54) is 11.8 Å². The van der Waals surface area contributed by atoms with E-state index in [0.29, 0.717) is 17.6 Å². The summed E-state index contributed by atoms with van der Waals surface area (Å²) in [6.45, 7) is 4.31. The normalized spacial score (nSPS) is 10.8. The van der Waals surface area contributed by atoms with Crippen LogP contribution in [0, 0.1) is 13.8 Å². The monoisotopic (exact) mass is 382 g/mol. The summed E-state index contributed by atoms with van der Waals surface area (Å²) in [4.78, 5) is 12.5. The minimum Gasteiger partial charge on any atom is -0.377 e. The van der Waals surface area contributed by atoms with Gasteiger partial charge in [0, 0.05) is 18.5 Å². The lowest BCUT2D eigenvalue weighted by Crippen LogP contribution is -2.16. The Balaban J connectivity index is 1.75. The number of aromatic nitrogens is 3. The van der Waals surface area contributed by atoms with Gasteiger partial charge in [-0.15, -0.1) is 10.2 Å². The molecule has 0 fully saturated rings. The Bertz CT molecular complexity index is 905. The Hall–Kier alpha value is -2.64. The number of ether oxygens (including phenoxy) is 1. The first-order valence-electron chi connectivity index (χ1n) is 8.57. The molecule has 27 heavy (non-hydrogen) atoms. The summed E-state index contributed by atoms with van der Waals surface area (Å²) >= 11 is 1.35. The van der Waals surface area contributed by atoms with E-state index < -0.39 is 0 Å². The number of nitrogens with one attached hydrogen (secondary N) is 1. The van der Waals surface area contributed by atoms with Crippen LogP contribution in [0.15, 0.2) is 53.7 Å². The van der Waals surface area contributed by atoms with Crippen molar-refractivity contribution >= 4 is 23.4 Å². The molecule has 0 bridgehead atoms. The molecule has 3 rings (SSSR count). The number of benzene rings is 2. The molecule has 1 aromatic heterocycles. The average Bonchev–Trinajstić information content (AvgIpc) is 3.07. The van der Waals surface area contributed by atoms with Crippen molar-refractivity contribution in [1.82, 2.24) is 14.8 Å². The fraction of sp³-hybridized carbons (Fsp3) is 0.250. The van der Waals surface area contributed by atoms with Gasteiger partial charge in [0.2, 0.25) is 5.91 Å². The van der Waals surface area contributed by atoms with Crippen LogP contribution in [0.1, 0.15) is 17.0 Å². The van der Waals surface area contributed by atoms with Gasteiger partial charge in [0.1, 0.15) is 6.61 Å². The number of hydrogen-bond acceptors (Lipinski definition) is 5. The predicted octanol–water partition coefficient (Wildman–Crippen LogP) is 3.76. The van der Waals surface area contributed by atoms with Gasteiger partial charge in [-0.05, 0) is 37.1 Å². The van der Waals surface area contributed by atoms with Gasteiger partial charge in [0.25, 0.3) is 0 Å². The zero-order valence-electron chi connectivity index (χ0n) is 15.6. The SMILES string of the molecule is COCc1nnc(SCC(=O)Nc2c(C)cccc2C)n1-c1ccccc1. The average molecular weight is 382 g/mol. The molecule has 0 unspecified atom stereocenters. The van der Waals surface area contributed by atoms with Crippen molar-refractivity contribution in [3.8, 4) is 5.69 Å². The molecule has 6 nitrogen and oxygen atoms in total. The third-order valence-corrected chi connectivity index (χ3v) is 5.00. The zero-order chi connectivity index (χ0) is 19.2. The molecule has 0 radical (unpaired) electrons. The van der Waals surface area contributed by atoms with Gasteiger partial charge in [0.05, 0.1) is 5.75 Å². The molecule has 0 spiro atoms. The van der Waals surface area contributed by atoms with E-state index in [-0.39, 0.29) is 11.7 Å². The molecule has 0 saturated heterocycles. The van der Waals surface area contributed by atoms with E-state index in [9.17, 15) is 4.79 Å². The molecule has 0 saturated carbocycles. The number of carbonyl (C=O) groups is 1. The minimum atomic E-state index is -0.0756. The highest BCUT2D eigenvalue weighted by molar-refractivity contribution is 7.99. The summed E-state index contributed by atoms with van der Waals surface area (Å²) in [6, 6.07) is 15.8. The number of amides is 1. The first-order valence-corrected chi connectivity index (χ1v) is 9.56. The summed E-state index contributed by atoms with van der Waals surface area (Å²) in [5, 5.41) is 12.1. The van der Waals surface area contributed by atoms with Gasteiger partial charge in [-0.2, -0.15) is 0 Å². The number of thioether (sulfide) groups is 1. The first-order chi connectivity index (χ1) is 13.1. The van der Waals surface area contributed by atoms with Gasteiger partial charge in [-0.1, -0.05) is 48.2 Å². The summed E-state index contributed by atoms with van der Waals surface area (Å²) in [7, 11) is 1.62. The van der Waals surface area contributed by atoms with Crippen molar-refractivity contribution in [2.75, 3.05) is 18.2 Å². The second kappa shape index (κ2) is 8.83. The van der Waals surface area contributed by atoms with Crippen molar-refractivity contribution in [2.45, 2.75) is 25.6 Å². The number of rotatable bonds is 7. The molecular weight excluding hydrogens is 360 g/mol. The first kappa shape index (κ1) is 19.1. The van der Waals surface area contributed by atoms with Crippen molar-refractivity contribution in [3.05, 3.63) is 65.5 Å².